The summed E-state index contributed by atoms with van der Waals surface area (Å²) in [6.45, 7) is 0. The number of nitrogens with zero attached hydrogens (tertiary/aromatic N) is 1. The number of benzene rings is 1. The number of ketones is 1. The Morgan fingerprint density at radius 1 is 1.22 bits per heavy atom. The standard InChI is InChI=1S/C17H19NO5/c1-18-13-7-5-4-6-11(13)17(16(21)23-3)12(15(18)20)8-10(19)9-14(17)22-2/h4-7,12,14H,8-9H2,1-3H3/t12-,14-,17-/m1/s1. The molecule has 2 aliphatic rings. The van der Waals surface area contributed by atoms with Gasteiger partial charge < -0.3 is 14.4 Å². The zero-order valence-corrected chi connectivity index (χ0v) is 13.4. The van der Waals surface area contributed by atoms with Gasteiger partial charge in [0.1, 0.15) is 11.2 Å². The highest BCUT2D eigenvalue weighted by Gasteiger charge is 2.63. The number of ether oxygens (including phenoxy) is 2. The fourth-order valence-corrected chi connectivity index (χ4v) is 4.00. The van der Waals surface area contributed by atoms with Crippen molar-refractivity contribution in [1.82, 2.24) is 0 Å². The molecule has 0 bridgehead atoms. The molecule has 1 fully saturated rings. The number of esters is 1. The van der Waals surface area contributed by atoms with E-state index in [0.717, 1.165) is 0 Å². The Morgan fingerprint density at radius 2 is 1.91 bits per heavy atom. The summed E-state index contributed by atoms with van der Waals surface area (Å²) in [5, 5.41) is 0. The van der Waals surface area contributed by atoms with E-state index in [2.05, 4.69) is 0 Å². The van der Waals surface area contributed by atoms with Crippen molar-refractivity contribution < 1.29 is 23.9 Å². The van der Waals surface area contributed by atoms with E-state index >= 15 is 0 Å². The molecule has 1 aliphatic heterocycles. The number of rotatable bonds is 2. The van der Waals surface area contributed by atoms with Gasteiger partial charge in [-0.3, -0.25) is 14.4 Å². The lowest BCUT2D eigenvalue weighted by atomic mass is 9.58. The molecule has 1 heterocycles. The van der Waals surface area contributed by atoms with E-state index < -0.39 is 23.4 Å². The second-order valence-electron chi connectivity index (χ2n) is 6.00. The van der Waals surface area contributed by atoms with Crippen LogP contribution in [0.25, 0.3) is 0 Å². The smallest absolute Gasteiger partial charge is 0.319 e. The number of fused-ring (bicyclic) bond motifs is 3. The lowest BCUT2D eigenvalue weighted by Crippen LogP contribution is -2.64. The van der Waals surface area contributed by atoms with Crippen LogP contribution < -0.4 is 4.90 Å². The van der Waals surface area contributed by atoms with Gasteiger partial charge in [-0.15, -0.1) is 0 Å². The van der Waals surface area contributed by atoms with Crippen molar-refractivity contribution in [2.75, 3.05) is 26.2 Å². The van der Waals surface area contributed by atoms with Crippen molar-refractivity contribution in [1.29, 1.82) is 0 Å². The largest absolute Gasteiger partial charge is 0.468 e. The van der Waals surface area contributed by atoms with Gasteiger partial charge in [-0.1, -0.05) is 18.2 Å². The Labute approximate surface area is 134 Å². The van der Waals surface area contributed by atoms with Crippen molar-refractivity contribution in [3.05, 3.63) is 29.8 Å². The van der Waals surface area contributed by atoms with Crippen molar-refractivity contribution >= 4 is 23.3 Å². The number of methoxy groups -OCH3 is 2. The molecule has 1 aromatic carbocycles. The maximum absolute atomic E-state index is 12.9. The van der Waals surface area contributed by atoms with Crippen LogP contribution in [0.4, 0.5) is 5.69 Å². The highest BCUT2D eigenvalue weighted by Crippen LogP contribution is 2.51. The summed E-state index contributed by atoms with van der Waals surface area (Å²) in [5.74, 6) is -1.68. The molecule has 0 spiro atoms. The van der Waals surface area contributed by atoms with Gasteiger partial charge >= 0.3 is 5.97 Å². The summed E-state index contributed by atoms with van der Waals surface area (Å²) >= 11 is 0. The Balaban J connectivity index is 2.34. The molecule has 0 N–H and O–H groups in total. The Kier molecular flexibility index (Phi) is 3.72. The van der Waals surface area contributed by atoms with E-state index in [1.807, 2.05) is 18.2 Å². The van der Waals surface area contributed by atoms with Crippen LogP contribution >= 0.6 is 0 Å². The molecule has 3 atom stereocenters. The summed E-state index contributed by atoms with van der Waals surface area (Å²) in [6, 6.07) is 7.22. The van der Waals surface area contributed by atoms with E-state index in [0.29, 0.717) is 11.3 Å². The molecule has 0 saturated heterocycles. The van der Waals surface area contributed by atoms with E-state index in [9.17, 15) is 14.4 Å². The molecule has 23 heavy (non-hydrogen) atoms. The van der Waals surface area contributed by atoms with E-state index in [1.165, 1.54) is 19.1 Å². The van der Waals surface area contributed by atoms with Crippen LogP contribution in [0.5, 0.6) is 0 Å². The monoisotopic (exact) mass is 317 g/mol. The predicted octanol–water partition coefficient (Wildman–Crippen LogP) is 1.07. The lowest BCUT2D eigenvalue weighted by Gasteiger charge is -2.50. The summed E-state index contributed by atoms with van der Waals surface area (Å²) in [7, 11) is 4.41. The molecule has 1 aromatic rings. The first-order valence-electron chi connectivity index (χ1n) is 7.48. The normalized spacial score (nSPS) is 29.8. The molecule has 6 nitrogen and oxygen atoms in total. The second kappa shape index (κ2) is 5.45. The molecule has 6 heteroatoms. The Bertz CT molecular complexity index is 685. The third-order valence-corrected chi connectivity index (χ3v) is 5.05. The number of carbonyl (C=O) groups excluding carboxylic acids is 3. The van der Waals surface area contributed by atoms with Crippen molar-refractivity contribution in [3.63, 3.8) is 0 Å². The van der Waals surface area contributed by atoms with E-state index in [4.69, 9.17) is 9.47 Å². The zero-order chi connectivity index (χ0) is 16.8. The zero-order valence-electron chi connectivity index (χ0n) is 13.4. The van der Waals surface area contributed by atoms with Crippen molar-refractivity contribution in [2.24, 2.45) is 5.92 Å². The third kappa shape index (κ3) is 1.94. The number of hydrogen-bond donors (Lipinski definition) is 0. The van der Waals surface area contributed by atoms with Gasteiger partial charge in [-0.05, 0) is 11.6 Å². The van der Waals surface area contributed by atoms with Crippen LogP contribution in [-0.4, -0.2) is 45.0 Å². The number of anilines is 1. The van der Waals surface area contributed by atoms with Crippen LogP contribution in [0.15, 0.2) is 24.3 Å². The Morgan fingerprint density at radius 3 is 2.57 bits per heavy atom. The molecule has 1 aliphatic carbocycles. The summed E-state index contributed by atoms with van der Waals surface area (Å²) in [4.78, 5) is 39.3. The first kappa shape index (κ1) is 15.7. The third-order valence-electron chi connectivity index (χ3n) is 5.05. The second-order valence-corrected chi connectivity index (χ2v) is 6.00. The lowest BCUT2D eigenvalue weighted by molar-refractivity contribution is -0.167. The SMILES string of the molecule is COC(=O)[C@]12c3ccccc3N(C)C(=O)[C@H]1CC(=O)C[C@H]2OC. The number of carbonyl (C=O) groups is 3. The van der Waals surface area contributed by atoms with Gasteiger partial charge in [0.25, 0.3) is 0 Å². The van der Waals surface area contributed by atoms with Crippen LogP contribution in [0, 0.1) is 5.92 Å². The average Bonchev–Trinajstić information content (AvgIpc) is 2.58. The maximum atomic E-state index is 12.9. The van der Waals surface area contributed by atoms with Crippen LogP contribution in [0.1, 0.15) is 18.4 Å². The molecule has 0 unspecified atom stereocenters. The number of hydrogen-bond acceptors (Lipinski definition) is 5. The molecular weight excluding hydrogens is 298 g/mol. The summed E-state index contributed by atoms with van der Waals surface area (Å²) < 4.78 is 10.6. The van der Waals surface area contributed by atoms with Gasteiger partial charge in [0, 0.05) is 32.7 Å². The van der Waals surface area contributed by atoms with Gasteiger partial charge in [0.15, 0.2) is 0 Å². The summed E-state index contributed by atoms with van der Waals surface area (Å²) in [6.07, 6.45) is -0.611. The number of para-hydroxylation sites is 1. The van der Waals surface area contributed by atoms with Crippen molar-refractivity contribution in [2.45, 2.75) is 24.4 Å². The minimum absolute atomic E-state index is 0.0203. The molecule has 0 aromatic heterocycles. The highest BCUT2D eigenvalue weighted by atomic mass is 16.5. The first-order valence-corrected chi connectivity index (χ1v) is 7.48. The van der Waals surface area contributed by atoms with E-state index in [1.54, 1.807) is 13.1 Å². The van der Waals surface area contributed by atoms with Gasteiger partial charge in [-0.25, -0.2) is 0 Å². The quantitative estimate of drug-likeness (QED) is 0.763. The predicted molar refractivity (Wildman–Crippen MR) is 82.1 cm³/mol. The fourth-order valence-electron chi connectivity index (χ4n) is 4.00. The van der Waals surface area contributed by atoms with E-state index in [-0.39, 0.29) is 24.5 Å². The van der Waals surface area contributed by atoms with Gasteiger partial charge in [0.05, 0.1) is 19.1 Å². The molecule has 3 rings (SSSR count). The average molecular weight is 317 g/mol. The first-order chi connectivity index (χ1) is 11.0. The van der Waals surface area contributed by atoms with Gasteiger partial charge in [0.2, 0.25) is 5.91 Å². The number of Topliss-reactive ketones (excluding diaryl/α,β-unsaturated/α-hetero) is 1. The maximum Gasteiger partial charge on any atom is 0.319 e. The molecule has 1 amide bonds. The van der Waals surface area contributed by atoms with Crippen LogP contribution in [0.2, 0.25) is 0 Å². The molecule has 122 valence electrons. The van der Waals surface area contributed by atoms with Crippen LogP contribution in [0.3, 0.4) is 0 Å². The topological polar surface area (TPSA) is 72.9 Å². The van der Waals surface area contributed by atoms with Gasteiger partial charge in [-0.2, -0.15) is 0 Å². The van der Waals surface area contributed by atoms with Crippen molar-refractivity contribution in [3.8, 4) is 0 Å². The number of amides is 1. The Hall–Kier alpha value is -2.21. The summed E-state index contributed by atoms with van der Waals surface area (Å²) in [5.41, 5.74) is 0.0475. The minimum atomic E-state index is -1.28. The molecule has 0 radical (unpaired) electrons. The minimum Gasteiger partial charge on any atom is -0.468 e. The molecule has 1 saturated carbocycles. The fraction of sp³-hybridized carbons (Fsp3) is 0.471. The highest BCUT2D eigenvalue weighted by molar-refractivity contribution is 6.08. The van der Waals surface area contributed by atoms with Crippen LogP contribution in [-0.2, 0) is 29.3 Å². The molecular formula is C17H19NO5.